The highest BCUT2D eigenvalue weighted by molar-refractivity contribution is 9.10. The van der Waals surface area contributed by atoms with E-state index in [0.717, 1.165) is 17.8 Å². The molecule has 0 radical (unpaired) electrons. The van der Waals surface area contributed by atoms with Crippen molar-refractivity contribution in [3.63, 3.8) is 0 Å². The maximum atomic E-state index is 13.2. The predicted octanol–water partition coefficient (Wildman–Crippen LogP) is 3.80. The zero-order chi connectivity index (χ0) is 18.7. The number of hydrogen-bond donors (Lipinski definition) is 3. The van der Waals surface area contributed by atoms with Crippen LogP contribution in [0.2, 0.25) is 0 Å². The number of carboxylic acids is 1. The van der Waals surface area contributed by atoms with Crippen molar-refractivity contribution < 1.29 is 14.7 Å². The summed E-state index contributed by atoms with van der Waals surface area (Å²) in [5.41, 5.74) is 2.87. The van der Waals surface area contributed by atoms with E-state index in [-0.39, 0.29) is 18.5 Å². The molecule has 0 saturated heterocycles. The number of para-hydroxylation sites is 2. The summed E-state index contributed by atoms with van der Waals surface area (Å²) in [6.45, 7) is 2.49. The van der Waals surface area contributed by atoms with E-state index in [1.54, 1.807) is 23.1 Å². The van der Waals surface area contributed by atoms with Crippen LogP contribution in [0.3, 0.4) is 0 Å². The van der Waals surface area contributed by atoms with Crippen LogP contribution in [-0.2, 0) is 4.79 Å². The first-order chi connectivity index (χ1) is 12.5. The fourth-order valence-corrected chi connectivity index (χ4v) is 3.33. The Hall–Kier alpha value is -2.54. The molecule has 0 bridgehead atoms. The third-order valence-corrected chi connectivity index (χ3v) is 4.96. The molecular weight excluding hydrogens is 398 g/mol. The van der Waals surface area contributed by atoms with Crippen LogP contribution in [0.1, 0.15) is 23.7 Å². The number of amides is 1. The van der Waals surface area contributed by atoms with E-state index in [2.05, 4.69) is 33.5 Å². The summed E-state index contributed by atoms with van der Waals surface area (Å²) < 4.78 is 0.710. The molecule has 1 amide bonds. The van der Waals surface area contributed by atoms with E-state index in [0.29, 0.717) is 22.3 Å². The minimum atomic E-state index is -0.963. The van der Waals surface area contributed by atoms with Gasteiger partial charge >= 0.3 is 5.97 Å². The van der Waals surface area contributed by atoms with Gasteiger partial charge in [-0.3, -0.25) is 9.59 Å². The Morgan fingerprint density at radius 3 is 2.85 bits per heavy atom. The fourth-order valence-electron chi connectivity index (χ4n) is 2.94. The van der Waals surface area contributed by atoms with Crippen molar-refractivity contribution in [2.24, 2.45) is 0 Å². The number of hydrogen-bond acceptors (Lipinski definition) is 4. The third-order valence-electron chi connectivity index (χ3n) is 4.27. The van der Waals surface area contributed by atoms with Gasteiger partial charge in [-0.2, -0.15) is 0 Å². The molecule has 1 aliphatic heterocycles. The van der Waals surface area contributed by atoms with Crippen LogP contribution in [0, 0.1) is 0 Å². The quantitative estimate of drug-likeness (QED) is 0.704. The summed E-state index contributed by atoms with van der Waals surface area (Å²) in [5, 5.41) is 15.1. The molecule has 0 saturated carbocycles. The summed E-state index contributed by atoms with van der Waals surface area (Å²) in [5.74, 6) is -1.07. The van der Waals surface area contributed by atoms with E-state index in [1.165, 1.54) is 0 Å². The first-order valence-electron chi connectivity index (χ1n) is 8.38. The van der Waals surface area contributed by atoms with Crippen molar-refractivity contribution in [3.05, 3.63) is 52.5 Å². The molecule has 2 aromatic carbocycles. The summed E-state index contributed by atoms with van der Waals surface area (Å²) in [7, 11) is 0. The van der Waals surface area contributed by atoms with Crippen molar-refractivity contribution in [1.82, 2.24) is 0 Å². The van der Waals surface area contributed by atoms with Gasteiger partial charge in [0.2, 0.25) is 0 Å². The van der Waals surface area contributed by atoms with Gasteiger partial charge in [0.05, 0.1) is 11.4 Å². The molecular formula is C19H20BrN3O3. The van der Waals surface area contributed by atoms with Crippen molar-refractivity contribution in [2.75, 3.05) is 28.6 Å². The molecule has 0 fully saturated rings. The largest absolute Gasteiger partial charge is 0.480 e. The minimum absolute atomic E-state index is 0.112. The van der Waals surface area contributed by atoms with Crippen molar-refractivity contribution >= 4 is 44.9 Å². The van der Waals surface area contributed by atoms with Crippen LogP contribution >= 0.6 is 15.9 Å². The lowest BCUT2D eigenvalue weighted by molar-refractivity contribution is -0.134. The van der Waals surface area contributed by atoms with E-state index < -0.39 is 5.97 Å². The predicted molar refractivity (Wildman–Crippen MR) is 106 cm³/mol. The molecule has 0 aliphatic carbocycles. The van der Waals surface area contributed by atoms with E-state index >= 15 is 0 Å². The Balaban J connectivity index is 1.91. The molecule has 1 heterocycles. The molecule has 1 aliphatic rings. The lowest BCUT2D eigenvalue weighted by atomic mass is 10.1. The maximum absolute atomic E-state index is 13.2. The molecule has 136 valence electrons. The first kappa shape index (κ1) is 18.3. The Bertz CT molecular complexity index is 841. The monoisotopic (exact) mass is 417 g/mol. The van der Waals surface area contributed by atoms with Crippen molar-refractivity contribution in [2.45, 2.75) is 19.4 Å². The topological polar surface area (TPSA) is 81.7 Å². The van der Waals surface area contributed by atoms with Gasteiger partial charge < -0.3 is 20.6 Å². The van der Waals surface area contributed by atoms with Gasteiger partial charge in [-0.25, -0.2) is 0 Å². The molecule has 6 nitrogen and oxygen atoms in total. The summed E-state index contributed by atoms with van der Waals surface area (Å²) in [6.07, 6.45) is 0.834. The summed E-state index contributed by atoms with van der Waals surface area (Å²) in [4.78, 5) is 25.7. The normalized spacial score (nSPS) is 16.2. The second-order valence-corrected chi connectivity index (χ2v) is 7.10. The molecule has 0 spiro atoms. The molecule has 7 heteroatoms. The van der Waals surface area contributed by atoms with Crippen LogP contribution < -0.4 is 15.5 Å². The molecule has 3 rings (SSSR count). The zero-order valence-corrected chi connectivity index (χ0v) is 15.9. The first-order valence-corrected chi connectivity index (χ1v) is 9.17. The standard InChI is InChI=1S/C19H20BrN3O3/c1-12-8-9-23(17-5-3-2-4-15(17)22-12)19(26)13-6-7-14(20)16(10-13)21-11-18(24)25/h2-7,10,12,21-22H,8-9,11H2,1H3,(H,24,25). The van der Waals surface area contributed by atoms with Crippen molar-refractivity contribution in [1.29, 1.82) is 0 Å². The average Bonchev–Trinajstić information content (AvgIpc) is 2.78. The number of carbonyl (C=O) groups excluding carboxylic acids is 1. The Labute approximate surface area is 160 Å². The number of nitrogens with one attached hydrogen (secondary N) is 2. The summed E-state index contributed by atoms with van der Waals surface area (Å²) >= 11 is 3.38. The molecule has 0 aromatic heterocycles. The minimum Gasteiger partial charge on any atom is -0.480 e. The van der Waals surface area contributed by atoms with Crippen LogP contribution in [0.25, 0.3) is 0 Å². The van der Waals surface area contributed by atoms with Gasteiger partial charge in [0.1, 0.15) is 6.54 Å². The van der Waals surface area contributed by atoms with E-state index in [9.17, 15) is 9.59 Å². The Morgan fingerprint density at radius 2 is 2.08 bits per heavy atom. The average molecular weight is 418 g/mol. The molecule has 1 atom stereocenters. The van der Waals surface area contributed by atoms with Gasteiger partial charge in [-0.05, 0) is 59.6 Å². The van der Waals surface area contributed by atoms with E-state index in [4.69, 9.17) is 5.11 Å². The number of carbonyl (C=O) groups is 2. The highest BCUT2D eigenvalue weighted by Gasteiger charge is 2.24. The highest BCUT2D eigenvalue weighted by Crippen LogP contribution is 2.32. The van der Waals surface area contributed by atoms with Crippen LogP contribution in [0.4, 0.5) is 17.1 Å². The summed E-state index contributed by atoms with van der Waals surface area (Å²) in [6, 6.07) is 13.2. The lowest BCUT2D eigenvalue weighted by Gasteiger charge is -2.23. The van der Waals surface area contributed by atoms with E-state index in [1.807, 2.05) is 24.3 Å². The smallest absolute Gasteiger partial charge is 0.322 e. The van der Waals surface area contributed by atoms with Crippen molar-refractivity contribution in [3.8, 4) is 0 Å². The van der Waals surface area contributed by atoms with Crippen LogP contribution in [0.15, 0.2) is 46.9 Å². The molecule has 2 aromatic rings. The number of halogens is 1. The Kier molecular flexibility index (Phi) is 5.46. The lowest BCUT2D eigenvalue weighted by Crippen LogP contribution is -2.32. The number of rotatable bonds is 4. The number of benzene rings is 2. The van der Waals surface area contributed by atoms with Gasteiger partial charge in [0.25, 0.3) is 5.91 Å². The van der Waals surface area contributed by atoms with Crippen LogP contribution in [-0.4, -0.2) is 36.1 Å². The fraction of sp³-hybridized carbons (Fsp3) is 0.263. The zero-order valence-electron chi connectivity index (χ0n) is 14.3. The number of carboxylic acid groups (broad SMARTS) is 1. The number of nitrogens with zero attached hydrogens (tertiary/aromatic N) is 1. The second kappa shape index (κ2) is 7.78. The highest BCUT2D eigenvalue weighted by atomic mass is 79.9. The van der Waals surface area contributed by atoms with Gasteiger partial charge in [0, 0.05) is 28.3 Å². The second-order valence-electron chi connectivity index (χ2n) is 6.25. The van der Waals surface area contributed by atoms with Gasteiger partial charge in [0.15, 0.2) is 0 Å². The third kappa shape index (κ3) is 3.99. The molecule has 26 heavy (non-hydrogen) atoms. The van der Waals surface area contributed by atoms with Gasteiger partial charge in [-0.1, -0.05) is 12.1 Å². The number of aliphatic carboxylic acids is 1. The van der Waals surface area contributed by atoms with Gasteiger partial charge in [-0.15, -0.1) is 0 Å². The number of fused-ring (bicyclic) bond motifs is 1. The van der Waals surface area contributed by atoms with Crippen LogP contribution in [0.5, 0.6) is 0 Å². The maximum Gasteiger partial charge on any atom is 0.322 e. The molecule has 3 N–H and O–H groups in total. The number of anilines is 3. The Morgan fingerprint density at radius 1 is 1.31 bits per heavy atom. The molecule has 1 unspecified atom stereocenters. The SMILES string of the molecule is CC1CCN(C(=O)c2ccc(Br)c(NCC(=O)O)c2)c2ccccc2N1.